The zero-order valence-corrected chi connectivity index (χ0v) is 16.5. The summed E-state index contributed by atoms with van der Waals surface area (Å²) in [4.78, 5) is 13.0. The summed E-state index contributed by atoms with van der Waals surface area (Å²) in [6, 6.07) is 0. The molecule has 3 aromatic rings. The van der Waals surface area contributed by atoms with Crippen molar-refractivity contribution in [3.8, 4) is 17.6 Å². The number of aromatic nitrogens is 4. The fourth-order valence-corrected chi connectivity index (χ4v) is 3.21. The van der Waals surface area contributed by atoms with Crippen molar-refractivity contribution in [3.05, 3.63) is 52.1 Å². The van der Waals surface area contributed by atoms with Crippen LogP contribution >= 0.6 is 11.6 Å². The molecule has 27 heavy (non-hydrogen) atoms. The van der Waals surface area contributed by atoms with Crippen LogP contribution in [0, 0.1) is 25.7 Å². The Morgan fingerprint density at radius 3 is 2.78 bits per heavy atom. The first-order chi connectivity index (χ1) is 12.8. The Labute approximate surface area is 163 Å². The summed E-state index contributed by atoms with van der Waals surface area (Å²) in [7, 11) is 1.66. The lowest BCUT2D eigenvalue weighted by atomic mass is 10.1. The molecule has 0 aliphatic rings. The van der Waals surface area contributed by atoms with E-state index in [2.05, 4.69) is 33.4 Å². The molecular weight excluding hydrogens is 362 g/mol. The van der Waals surface area contributed by atoms with E-state index >= 15 is 0 Å². The first-order valence-electron chi connectivity index (χ1n) is 8.30. The maximum Gasteiger partial charge on any atom is 0.223 e. The van der Waals surface area contributed by atoms with E-state index in [0.717, 1.165) is 33.7 Å². The molecule has 138 valence electrons. The molecular formula is C20H20ClN5O. The summed E-state index contributed by atoms with van der Waals surface area (Å²) in [6.45, 7) is 10.1. The molecule has 0 unspecified atom stereocenters. The third kappa shape index (κ3) is 3.60. The fraction of sp³-hybridized carbons (Fsp3) is 0.250. The summed E-state index contributed by atoms with van der Waals surface area (Å²) in [5.41, 5.74) is 10.7. The van der Waals surface area contributed by atoms with Gasteiger partial charge in [0.25, 0.3) is 0 Å². The lowest BCUT2D eigenvalue weighted by Gasteiger charge is -2.13. The van der Waals surface area contributed by atoms with Crippen molar-refractivity contribution in [2.24, 2.45) is 0 Å². The molecule has 3 rings (SSSR count). The molecule has 3 heterocycles. The largest absolute Gasteiger partial charge is 0.496 e. The molecule has 0 saturated carbocycles. The molecule has 6 nitrogen and oxygen atoms in total. The lowest BCUT2D eigenvalue weighted by molar-refractivity contribution is 0.406. The van der Waals surface area contributed by atoms with Gasteiger partial charge in [-0.25, -0.2) is 4.98 Å². The third-order valence-electron chi connectivity index (χ3n) is 4.17. The molecule has 0 aliphatic carbocycles. The number of pyridine rings is 1. The Bertz CT molecular complexity index is 1120. The predicted molar refractivity (Wildman–Crippen MR) is 108 cm³/mol. The zero-order chi connectivity index (χ0) is 19.7. The highest BCUT2D eigenvalue weighted by atomic mass is 35.5. The van der Waals surface area contributed by atoms with Crippen LogP contribution in [0.1, 0.15) is 29.3 Å². The Morgan fingerprint density at radius 1 is 1.37 bits per heavy atom. The molecule has 0 aliphatic heterocycles. The van der Waals surface area contributed by atoms with Gasteiger partial charge in [0.1, 0.15) is 16.5 Å². The number of hydrogen-bond acceptors (Lipinski definition) is 5. The van der Waals surface area contributed by atoms with Crippen LogP contribution in [0.3, 0.4) is 0 Å². The number of nitrogens with zero attached hydrogens (tertiary/aromatic N) is 4. The fourth-order valence-electron chi connectivity index (χ4n) is 2.94. The summed E-state index contributed by atoms with van der Waals surface area (Å²) >= 11 is 6.33. The number of rotatable bonds is 3. The number of nitrogen functional groups attached to an aromatic ring is 1. The SMILES string of the molecule is C=C(C)C#Cc1cn(Cc2ncc(C)c(OC)c2C)c2nc(N)nc(Cl)c12. The Balaban J connectivity index is 2.18. The van der Waals surface area contributed by atoms with E-state index in [1.165, 1.54) is 0 Å². The number of fused-ring (bicyclic) bond motifs is 1. The van der Waals surface area contributed by atoms with Crippen molar-refractivity contribution < 1.29 is 4.74 Å². The molecule has 0 radical (unpaired) electrons. The van der Waals surface area contributed by atoms with Crippen molar-refractivity contribution in [1.29, 1.82) is 0 Å². The van der Waals surface area contributed by atoms with Crippen molar-refractivity contribution in [2.45, 2.75) is 27.3 Å². The zero-order valence-electron chi connectivity index (χ0n) is 15.7. The van der Waals surface area contributed by atoms with Crippen molar-refractivity contribution >= 4 is 28.6 Å². The smallest absolute Gasteiger partial charge is 0.223 e. The highest BCUT2D eigenvalue weighted by Gasteiger charge is 2.17. The van der Waals surface area contributed by atoms with Gasteiger partial charge in [-0.15, -0.1) is 0 Å². The number of aryl methyl sites for hydroxylation is 1. The van der Waals surface area contributed by atoms with E-state index in [4.69, 9.17) is 22.1 Å². The normalized spacial score (nSPS) is 10.6. The van der Waals surface area contributed by atoms with Crippen LogP contribution in [-0.4, -0.2) is 26.6 Å². The second-order valence-corrected chi connectivity index (χ2v) is 6.68. The maximum absolute atomic E-state index is 6.33. The third-order valence-corrected chi connectivity index (χ3v) is 4.44. The van der Waals surface area contributed by atoms with Gasteiger partial charge in [-0.3, -0.25) is 4.98 Å². The Hall–Kier alpha value is -3.04. The van der Waals surface area contributed by atoms with Crippen LogP contribution in [-0.2, 0) is 6.54 Å². The van der Waals surface area contributed by atoms with E-state index in [1.54, 1.807) is 13.3 Å². The molecule has 7 heteroatoms. The van der Waals surface area contributed by atoms with E-state index in [0.29, 0.717) is 17.6 Å². The van der Waals surface area contributed by atoms with Crippen LogP contribution < -0.4 is 10.5 Å². The van der Waals surface area contributed by atoms with Gasteiger partial charge >= 0.3 is 0 Å². The molecule has 0 spiro atoms. The Kier molecular flexibility index (Phi) is 5.06. The standard InChI is InChI=1S/C20H20ClN5O/c1-11(2)6-7-14-9-26(19-16(14)18(21)24-20(22)25-19)10-15-13(4)17(27-5)12(3)8-23-15/h8-9H,1,10H2,2-5H3,(H2,22,24,25). The highest BCUT2D eigenvalue weighted by molar-refractivity contribution is 6.34. The van der Waals surface area contributed by atoms with Gasteiger partial charge in [0.05, 0.1) is 30.3 Å². The molecule has 0 aromatic carbocycles. The van der Waals surface area contributed by atoms with Crippen LogP contribution in [0.25, 0.3) is 11.0 Å². The second kappa shape index (κ2) is 7.29. The lowest BCUT2D eigenvalue weighted by Crippen LogP contribution is -2.07. The monoisotopic (exact) mass is 381 g/mol. The van der Waals surface area contributed by atoms with Crippen LogP contribution in [0.5, 0.6) is 5.75 Å². The minimum absolute atomic E-state index is 0.109. The van der Waals surface area contributed by atoms with Gasteiger partial charge in [-0.05, 0) is 26.3 Å². The molecule has 0 atom stereocenters. The molecule has 2 N–H and O–H groups in total. The number of anilines is 1. The summed E-state index contributed by atoms with van der Waals surface area (Å²) in [6.07, 6.45) is 3.68. The van der Waals surface area contributed by atoms with Gasteiger partial charge in [0, 0.05) is 23.5 Å². The first kappa shape index (κ1) is 18.7. The van der Waals surface area contributed by atoms with Crippen molar-refractivity contribution in [1.82, 2.24) is 19.5 Å². The second-order valence-electron chi connectivity index (χ2n) is 6.32. The molecule has 0 bridgehead atoms. The van der Waals surface area contributed by atoms with Crippen LogP contribution in [0.2, 0.25) is 5.15 Å². The number of nitrogens with two attached hydrogens (primary N) is 1. The van der Waals surface area contributed by atoms with Gasteiger partial charge in [0.15, 0.2) is 0 Å². The van der Waals surface area contributed by atoms with E-state index in [1.807, 2.05) is 31.5 Å². The van der Waals surface area contributed by atoms with E-state index in [9.17, 15) is 0 Å². The minimum Gasteiger partial charge on any atom is -0.496 e. The molecule has 0 saturated heterocycles. The first-order valence-corrected chi connectivity index (χ1v) is 8.68. The van der Waals surface area contributed by atoms with Gasteiger partial charge in [-0.2, -0.15) is 4.98 Å². The highest BCUT2D eigenvalue weighted by Crippen LogP contribution is 2.29. The summed E-state index contributed by atoms with van der Waals surface area (Å²) in [5, 5.41) is 0.935. The maximum atomic E-state index is 6.33. The average molecular weight is 382 g/mol. The number of methoxy groups -OCH3 is 1. The van der Waals surface area contributed by atoms with E-state index < -0.39 is 0 Å². The number of halogens is 1. The topological polar surface area (TPSA) is 78.8 Å². The number of ether oxygens (including phenoxy) is 1. The van der Waals surface area contributed by atoms with Gasteiger partial charge in [-0.1, -0.05) is 30.0 Å². The minimum atomic E-state index is 0.109. The molecule has 3 aromatic heterocycles. The van der Waals surface area contributed by atoms with Gasteiger partial charge < -0.3 is 15.0 Å². The number of allylic oxidation sites excluding steroid dienone is 1. The summed E-state index contributed by atoms with van der Waals surface area (Å²) in [5.74, 6) is 6.98. The van der Waals surface area contributed by atoms with Crippen LogP contribution in [0.15, 0.2) is 24.5 Å². The number of hydrogen-bond donors (Lipinski definition) is 1. The molecule has 0 fully saturated rings. The quantitative estimate of drug-likeness (QED) is 0.553. The van der Waals surface area contributed by atoms with Crippen molar-refractivity contribution in [2.75, 3.05) is 12.8 Å². The van der Waals surface area contributed by atoms with Gasteiger partial charge in [0.2, 0.25) is 5.95 Å². The average Bonchev–Trinajstić information content (AvgIpc) is 2.94. The van der Waals surface area contributed by atoms with Crippen LogP contribution in [0.4, 0.5) is 5.95 Å². The Morgan fingerprint density at radius 2 is 2.11 bits per heavy atom. The van der Waals surface area contributed by atoms with E-state index in [-0.39, 0.29) is 11.1 Å². The summed E-state index contributed by atoms with van der Waals surface area (Å²) < 4.78 is 7.42. The predicted octanol–water partition coefficient (Wildman–Crippen LogP) is 3.66. The van der Waals surface area contributed by atoms with Crippen molar-refractivity contribution in [3.63, 3.8) is 0 Å². The molecule has 0 amide bonds.